The van der Waals surface area contributed by atoms with Gasteiger partial charge in [-0.2, -0.15) is 0 Å². The highest BCUT2D eigenvalue weighted by Gasteiger charge is 2.05. The fraction of sp³-hybridized carbons (Fsp3) is 0.455. The average Bonchev–Trinajstić information content (AvgIpc) is 2.19. The Balaban J connectivity index is 2.56. The summed E-state index contributed by atoms with van der Waals surface area (Å²) in [4.78, 5) is 2.07. The van der Waals surface area contributed by atoms with Crippen molar-refractivity contribution in [2.75, 3.05) is 27.3 Å². The molecule has 1 aromatic carbocycles. The van der Waals surface area contributed by atoms with Gasteiger partial charge in [0, 0.05) is 25.2 Å². The maximum atomic E-state index is 12.8. The highest BCUT2D eigenvalue weighted by molar-refractivity contribution is 6.31. The van der Waals surface area contributed by atoms with Crippen molar-refractivity contribution < 1.29 is 9.13 Å². The van der Waals surface area contributed by atoms with E-state index in [9.17, 15) is 4.39 Å². The summed E-state index contributed by atoms with van der Waals surface area (Å²) in [6.45, 7) is 2.20. The van der Waals surface area contributed by atoms with Crippen molar-refractivity contribution in [3.63, 3.8) is 0 Å². The first-order valence-electron chi connectivity index (χ1n) is 4.75. The fourth-order valence-corrected chi connectivity index (χ4v) is 1.49. The molecule has 0 aliphatic rings. The number of hydrogen-bond acceptors (Lipinski definition) is 2. The predicted molar refractivity (Wildman–Crippen MR) is 59.6 cm³/mol. The molecule has 0 saturated carbocycles. The Kier molecular flexibility index (Phi) is 5.02. The minimum Gasteiger partial charge on any atom is -0.383 e. The fourth-order valence-electron chi connectivity index (χ4n) is 1.27. The number of ether oxygens (including phenoxy) is 1. The average molecular weight is 232 g/mol. The van der Waals surface area contributed by atoms with Crippen LogP contribution in [0.1, 0.15) is 5.56 Å². The van der Waals surface area contributed by atoms with Crippen molar-refractivity contribution >= 4 is 11.6 Å². The molecule has 0 atom stereocenters. The van der Waals surface area contributed by atoms with E-state index >= 15 is 0 Å². The van der Waals surface area contributed by atoms with Crippen LogP contribution in [0, 0.1) is 5.82 Å². The van der Waals surface area contributed by atoms with Crippen LogP contribution in [0.5, 0.6) is 0 Å². The third-order valence-corrected chi connectivity index (χ3v) is 2.48. The number of halogens is 2. The first-order chi connectivity index (χ1) is 7.13. The van der Waals surface area contributed by atoms with E-state index in [1.54, 1.807) is 13.2 Å². The van der Waals surface area contributed by atoms with Gasteiger partial charge in [0.1, 0.15) is 5.82 Å². The van der Waals surface area contributed by atoms with Crippen LogP contribution in [0.4, 0.5) is 4.39 Å². The Morgan fingerprint density at radius 2 is 2.20 bits per heavy atom. The zero-order valence-corrected chi connectivity index (χ0v) is 9.72. The second-order valence-corrected chi connectivity index (χ2v) is 3.87. The van der Waals surface area contributed by atoms with Gasteiger partial charge >= 0.3 is 0 Å². The van der Waals surface area contributed by atoms with Crippen molar-refractivity contribution in [3.05, 3.63) is 34.6 Å². The van der Waals surface area contributed by atoms with Crippen molar-refractivity contribution in [3.8, 4) is 0 Å². The molecular formula is C11H15ClFNO. The zero-order chi connectivity index (χ0) is 11.3. The summed E-state index contributed by atoms with van der Waals surface area (Å²) in [5, 5.41) is 0.472. The van der Waals surface area contributed by atoms with Gasteiger partial charge in [-0.1, -0.05) is 17.7 Å². The topological polar surface area (TPSA) is 12.5 Å². The van der Waals surface area contributed by atoms with Gasteiger partial charge in [0.2, 0.25) is 0 Å². The monoisotopic (exact) mass is 231 g/mol. The second-order valence-electron chi connectivity index (χ2n) is 3.47. The largest absolute Gasteiger partial charge is 0.383 e. The molecule has 0 N–H and O–H groups in total. The molecule has 0 aliphatic carbocycles. The lowest BCUT2D eigenvalue weighted by atomic mass is 10.2. The van der Waals surface area contributed by atoms with Gasteiger partial charge in [-0.3, -0.25) is 4.90 Å². The highest BCUT2D eigenvalue weighted by atomic mass is 35.5. The summed E-state index contributed by atoms with van der Waals surface area (Å²) in [7, 11) is 3.64. The predicted octanol–water partition coefficient (Wildman–Crippen LogP) is 2.56. The molecule has 0 unspecified atom stereocenters. The van der Waals surface area contributed by atoms with Crippen LogP contribution >= 0.6 is 11.6 Å². The molecule has 0 saturated heterocycles. The smallest absolute Gasteiger partial charge is 0.124 e. The van der Waals surface area contributed by atoms with Crippen LogP contribution < -0.4 is 0 Å². The highest BCUT2D eigenvalue weighted by Crippen LogP contribution is 2.18. The summed E-state index contributed by atoms with van der Waals surface area (Å²) in [6, 6.07) is 4.47. The Bertz CT molecular complexity index is 319. The maximum absolute atomic E-state index is 12.8. The van der Waals surface area contributed by atoms with E-state index in [0.29, 0.717) is 18.2 Å². The summed E-state index contributed by atoms with van der Waals surface area (Å²) in [5.41, 5.74) is 0.927. The number of rotatable bonds is 5. The third-order valence-electron chi connectivity index (χ3n) is 2.13. The normalized spacial score (nSPS) is 11.0. The SMILES string of the molecule is COCCN(C)Cc1ccc(F)cc1Cl. The summed E-state index contributed by atoms with van der Waals surface area (Å²) in [5.74, 6) is -0.303. The Hall–Kier alpha value is -0.640. The van der Waals surface area contributed by atoms with Crippen LogP contribution in [0.3, 0.4) is 0 Å². The summed E-state index contributed by atoms with van der Waals surface area (Å²) >= 11 is 5.91. The minimum atomic E-state index is -0.303. The molecule has 0 aromatic heterocycles. The Morgan fingerprint density at radius 1 is 1.47 bits per heavy atom. The van der Waals surface area contributed by atoms with E-state index in [-0.39, 0.29) is 5.82 Å². The number of benzene rings is 1. The van der Waals surface area contributed by atoms with Gasteiger partial charge in [0.25, 0.3) is 0 Å². The zero-order valence-electron chi connectivity index (χ0n) is 8.96. The molecule has 1 rings (SSSR count). The van der Waals surface area contributed by atoms with Crippen molar-refractivity contribution in [1.82, 2.24) is 4.90 Å². The van der Waals surface area contributed by atoms with Crippen LogP contribution in [-0.4, -0.2) is 32.2 Å². The molecule has 1 aromatic rings. The van der Waals surface area contributed by atoms with Crippen molar-refractivity contribution in [1.29, 1.82) is 0 Å². The van der Waals surface area contributed by atoms with Gasteiger partial charge in [-0.15, -0.1) is 0 Å². The first kappa shape index (κ1) is 12.4. The van der Waals surface area contributed by atoms with Crippen LogP contribution in [-0.2, 0) is 11.3 Å². The lowest BCUT2D eigenvalue weighted by molar-refractivity contribution is 0.158. The van der Waals surface area contributed by atoms with Gasteiger partial charge in [-0.25, -0.2) is 4.39 Å². The number of nitrogens with zero attached hydrogens (tertiary/aromatic N) is 1. The Labute approximate surface area is 94.6 Å². The molecule has 0 bridgehead atoms. The molecular weight excluding hydrogens is 217 g/mol. The molecule has 0 aliphatic heterocycles. The van der Waals surface area contributed by atoms with E-state index in [0.717, 1.165) is 12.1 Å². The molecule has 0 spiro atoms. The molecule has 0 amide bonds. The van der Waals surface area contributed by atoms with Crippen LogP contribution in [0.15, 0.2) is 18.2 Å². The second kappa shape index (κ2) is 6.05. The maximum Gasteiger partial charge on any atom is 0.124 e. The van der Waals surface area contributed by atoms with E-state index in [1.807, 2.05) is 7.05 Å². The van der Waals surface area contributed by atoms with E-state index < -0.39 is 0 Å². The van der Waals surface area contributed by atoms with Crippen molar-refractivity contribution in [2.24, 2.45) is 0 Å². The lowest BCUT2D eigenvalue weighted by Crippen LogP contribution is -2.22. The molecule has 2 nitrogen and oxygen atoms in total. The van der Waals surface area contributed by atoms with E-state index in [1.165, 1.54) is 12.1 Å². The Morgan fingerprint density at radius 3 is 2.80 bits per heavy atom. The molecule has 0 fully saturated rings. The van der Waals surface area contributed by atoms with Gasteiger partial charge in [0.15, 0.2) is 0 Å². The lowest BCUT2D eigenvalue weighted by Gasteiger charge is -2.16. The van der Waals surface area contributed by atoms with Gasteiger partial charge in [0.05, 0.1) is 6.61 Å². The molecule has 4 heteroatoms. The molecule has 0 heterocycles. The van der Waals surface area contributed by atoms with Crippen LogP contribution in [0.25, 0.3) is 0 Å². The van der Waals surface area contributed by atoms with E-state index in [2.05, 4.69) is 4.90 Å². The quantitative estimate of drug-likeness (QED) is 0.772. The standard InChI is InChI=1S/C11H15ClFNO/c1-14(5-6-15-2)8-9-3-4-10(13)7-11(9)12/h3-4,7H,5-6,8H2,1-2H3. The van der Waals surface area contributed by atoms with Crippen LogP contribution in [0.2, 0.25) is 5.02 Å². The summed E-state index contributed by atoms with van der Waals surface area (Å²) in [6.07, 6.45) is 0. The van der Waals surface area contributed by atoms with Gasteiger partial charge in [-0.05, 0) is 24.7 Å². The first-order valence-corrected chi connectivity index (χ1v) is 5.12. The molecule has 15 heavy (non-hydrogen) atoms. The molecule has 84 valence electrons. The van der Waals surface area contributed by atoms with Crippen molar-refractivity contribution in [2.45, 2.75) is 6.54 Å². The minimum absolute atomic E-state index is 0.303. The van der Waals surface area contributed by atoms with E-state index in [4.69, 9.17) is 16.3 Å². The molecule has 0 radical (unpaired) electrons. The number of likely N-dealkylation sites (N-methyl/N-ethyl adjacent to an activating group) is 1. The summed E-state index contributed by atoms with van der Waals surface area (Å²) < 4.78 is 17.7. The third kappa shape index (κ3) is 4.16. The number of methoxy groups -OCH3 is 1. The number of hydrogen-bond donors (Lipinski definition) is 0. The van der Waals surface area contributed by atoms with Gasteiger partial charge < -0.3 is 4.74 Å².